The molecule has 1 amide bonds. The third-order valence-electron chi connectivity index (χ3n) is 4.62. The Bertz CT molecular complexity index is 759. The van der Waals surface area contributed by atoms with Gasteiger partial charge in [-0.15, -0.1) is 0 Å². The number of hydrogen-bond donors (Lipinski definition) is 1. The van der Waals surface area contributed by atoms with Gasteiger partial charge < -0.3 is 19.0 Å². The second-order valence-electron chi connectivity index (χ2n) is 6.67. The quantitative estimate of drug-likeness (QED) is 0.736. The lowest BCUT2D eigenvalue weighted by molar-refractivity contribution is 0.0273. The van der Waals surface area contributed by atoms with Gasteiger partial charge in [0.05, 0.1) is 12.6 Å². The molecule has 3 rings (SSSR count). The molecule has 0 unspecified atom stereocenters. The fourth-order valence-electron chi connectivity index (χ4n) is 3.19. The van der Waals surface area contributed by atoms with Gasteiger partial charge in [-0.1, -0.05) is 25.3 Å². The first-order chi connectivity index (χ1) is 12.7. The summed E-state index contributed by atoms with van der Waals surface area (Å²) in [6.07, 6.45) is 9.03. The lowest BCUT2D eigenvalue weighted by Crippen LogP contribution is -2.26. The Morgan fingerprint density at radius 3 is 2.85 bits per heavy atom. The van der Waals surface area contributed by atoms with Crippen molar-refractivity contribution in [3.8, 4) is 0 Å². The molecule has 0 aromatic carbocycles. The number of carbonyl (C=O) groups excluding carboxylic acids is 1. The second-order valence-corrected chi connectivity index (χ2v) is 6.67. The van der Waals surface area contributed by atoms with E-state index in [1.807, 2.05) is 0 Å². The largest absolute Gasteiger partial charge is 0.454 e. The summed E-state index contributed by atoms with van der Waals surface area (Å²) in [6, 6.07) is 8.33. The average Bonchev–Trinajstić information content (AvgIpc) is 3.13. The minimum Gasteiger partial charge on any atom is -0.454 e. The lowest BCUT2D eigenvalue weighted by atomic mass is 9.98. The Labute approximate surface area is 153 Å². The first-order valence-corrected chi connectivity index (χ1v) is 9.36. The molecule has 0 aliphatic heterocycles. The van der Waals surface area contributed by atoms with E-state index in [0.29, 0.717) is 31.6 Å². The Morgan fingerprint density at radius 2 is 2.04 bits per heavy atom. The number of rotatable bonds is 8. The highest BCUT2D eigenvalue weighted by Crippen LogP contribution is 2.20. The molecule has 6 heteroatoms. The molecule has 2 aromatic rings. The highest BCUT2D eigenvalue weighted by molar-refractivity contribution is 5.91. The summed E-state index contributed by atoms with van der Waals surface area (Å²) in [5.74, 6) is 0.593. The predicted octanol–water partition coefficient (Wildman–Crippen LogP) is 2.96. The van der Waals surface area contributed by atoms with E-state index >= 15 is 0 Å². The summed E-state index contributed by atoms with van der Waals surface area (Å²) in [6.45, 7) is 1.53. The highest BCUT2D eigenvalue weighted by atomic mass is 16.5. The van der Waals surface area contributed by atoms with Gasteiger partial charge in [-0.2, -0.15) is 0 Å². The Morgan fingerprint density at radius 1 is 1.19 bits per heavy atom. The topological polar surface area (TPSA) is 73.5 Å². The van der Waals surface area contributed by atoms with Crippen LogP contribution in [-0.2, 0) is 11.3 Å². The van der Waals surface area contributed by atoms with Crippen molar-refractivity contribution < 1.29 is 13.9 Å². The summed E-state index contributed by atoms with van der Waals surface area (Å²) in [7, 11) is 0. The molecule has 1 fully saturated rings. The molecular weight excluding hydrogens is 332 g/mol. The van der Waals surface area contributed by atoms with Gasteiger partial charge in [0.15, 0.2) is 5.76 Å². The molecule has 2 heterocycles. The van der Waals surface area contributed by atoms with E-state index in [1.54, 1.807) is 30.5 Å². The van der Waals surface area contributed by atoms with E-state index in [0.717, 1.165) is 19.3 Å². The van der Waals surface area contributed by atoms with Gasteiger partial charge in [0.25, 0.3) is 11.5 Å². The van der Waals surface area contributed by atoms with Crippen LogP contribution in [0.5, 0.6) is 0 Å². The number of carbonyl (C=O) groups is 1. The van der Waals surface area contributed by atoms with Crippen LogP contribution in [0, 0.1) is 0 Å². The molecule has 0 radical (unpaired) electrons. The standard InChI is InChI=1S/C20H26N2O4/c23-19-9-4-5-13-22(19)15-17-10-11-18(26-17)20(24)21-12-6-14-25-16-7-2-1-3-8-16/h4-5,9-11,13,16H,1-3,6-8,12,14-15H2,(H,21,24). The van der Waals surface area contributed by atoms with E-state index in [9.17, 15) is 9.59 Å². The third kappa shape index (κ3) is 5.33. The molecule has 2 aromatic heterocycles. The van der Waals surface area contributed by atoms with Crippen molar-refractivity contribution in [2.75, 3.05) is 13.2 Å². The molecular formula is C20H26N2O4. The van der Waals surface area contributed by atoms with Crippen molar-refractivity contribution in [3.05, 3.63) is 58.4 Å². The molecule has 0 saturated heterocycles. The number of hydrogen-bond acceptors (Lipinski definition) is 4. The fourth-order valence-corrected chi connectivity index (χ4v) is 3.19. The van der Waals surface area contributed by atoms with Crippen molar-refractivity contribution >= 4 is 5.91 Å². The molecule has 0 bridgehead atoms. The van der Waals surface area contributed by atoms with Crippen LogP contribution in [0.25, 0.3) is 0 Å². The van der Waals surface area contributed by atoms with Crippen LogP contribution in [0.4, 0.5) is 0 Å². The number of pyridine rings is 1. The SMILES string of the molecule is O=C(NCCCOC1CCCCC1)c1ccc(Cn2ccccc2=O)o1. The molecule has 1 aliphatic rings. The third-order valence-corrected chi connectivity index (χ3v) is 4.62. The van der Waals surface area contributed by atoms with E-state index in [1.165, 1.54) is 29.9 Å². The Balaban J connectivity index is 1.39. The van der Waals surface area contributed by atoms with E-state index in [4.69, 9.17) is 9.15 Å². The Hall–Kier alpha value is -2.34. The van der Waals surface area contributed by atoms with Gasteiger partial charge in [0, 0.05) is 25.4 Å². The maximum atomic E-state index is 12.1. The summed E-state index contributed by atoms with van der Waals surface area (Å²) in [4.78, 5) is 23.8. The normalized spacial score (nSPS) is 15.1. The fraction of sp³-hybridized carbons (Fsp3) is 0.500. The number of nitrogens with zero attached hydrogens (tertiary/aromatic N) is 1. The molecule has 1 N–H and O–H groups in total. The maximum absolute atomic E-state index is 12.1. The number of nitrogens with one attached hydrogen (secondary N) is 1. The van der Waals surface area contributed by atoms with Gasteiger partial charge in [-0.05, 0) is 37.5 Å². The summed E-state index contributed by atoms with van der Waals surface area (Å²) < 4.78 is 12.9. The minimum atomic E-state index is -0.241. The molecule has 140 valence electrons. The van der Waals surface area contributed by atoms with Crippen molar-refractivity contribution in [1.82, 2.24) is 9.88 Å². The number of ether oxygens (including phenoxy) is 1. The number of amides is 1. The minimum absolute atomic E-state index is 0.104. The summed E-state index contributed by atoms with van der Waals surface area (Å²) >= 11 is 0. The molecule has 0 atom stereocenters. The van der Waals surface area contributed by atoms with Crippen LogP contribution in [0.3, 0.4) is 0 Å². The summed E-state index contributed by atoms with van der Waals surface area (Å²) in [5.41, 5.74) is -0.104. The van der Waals surface area contributed by atoms with Crippen molar-refractivity contribution in [1.29, 1.82) is 0 Å². The van der Waals surface area contributed by atoms with Crippen LogP contribution in [0.1, 0.15) is 54.8 Å². The molecule has 6 nitrogen and oxygen atoms in total. The van der Waals surface area contributed by atoms with Crippen LogP contribution in [-0.4, -0.2) is 29.7 Å². The van der Waals surface area contributed by atoms with Gasteiger partial charge in [-0.25, -0.2) is 0 Å². The number of furan rings is 1. The molecule has 1 aliphatic carbocycles. The van der Waals surface area contributed by atoms with Crippen LogP contribution in [0.2, 0.25) is 0 Å². The zero-order chi connectivity index (χ0) is 18.2. The maximum Gasteiger partial charge on any atom is 0.286 e. The first kappa shape index (κ1) is 18.5. The zero-order valence-electron chi connectivity index (χ0n) is 15.0. The van der Waals surface area contributed by atoms with Gasteiger partial charge >= 0.3 is 0 Å². The summed E-state index contributed by atoms with van der Waals surface area (Å²) in [5, 5.41) is 2.84. The van der Waals surface area contributed by atoms with Gasteiger partial charge in [0.2, 0.25) is 0 Å². The lowest BCUT2D eigenvalue weighted by Gasteiger charge is -2.21. The first-order valence-electron chi connectivity index (χ1n) is 9.36. The van der Waals surface area contributed by atoms with Gasteiger partial charge in [-0.3, -0.25) is 9.59 Å². The second kappa shape index (κ2) is 9.38. The average molecular weight is 358 g/mol. The smallest absolute Gasteiger partial charge is 0.286 e. The molecule has 26 heavy (non-hydrogen) atoms. The zero-order valence-corrected chi connectivity index (χ0v) is 15.0. The van der Waals surface area contributed by atoms with Crippen molar-refractivity contribution in [2.45, 2.75) is 51.2 Å². The van der Waals surface area contributed by atoms with Gasteiger partial charge in [0.1, 0.15) is 5.76 Å². The van der Waals surface area contributed by atoms with E-state index < -0.39 is 0 Å². The van der Waals surface area contributed by atoms with Crippen LogP contribution < -0.4 is 10.9 Å². The van der Waals surface area contributed by atoms with E-state index in [-0.39, 0.29) is 17.2 Å². The monoisotopic (exact) mass is 358 g/mol. The van der Waals surface area contributed by atoms with Crippen molar-refractivity contribution in [2.24, 2.45) is 0 Å². The van der Waals surface area contributed by atoms with Crippen LogP contribution in [0.15, 0.2) is 45.7 Å². The van der Waals surface area contributed by atoms with Crippen LogP contribution >= 0.6 is 0 Å². The molecule has 0 spiro atoms. The van der Waals surface area contributed by atoms with E-state index in [2.05, 4.69) is 5.32 Å². The predicted molar refractivity (Wildman–Crippen MR) is 98.3 cm³/mol. The molecule has 1 saturated carbocycles. The number of aromatic nitrogens is 1. The highest BCUT2D eigenvalue weighted by Gasteiger charge is 2.14. The van der Waals surface area contributed by atoms with Crippen molar-refractivity contribution in [3.63, 3.8) is 0 Å². The Kier molecular flexibility index (Phi) is 6.66.